The van der Waals surface area contributed by atoms with E-state index < -0.39 is 0 Å². The Morgan fingerprint density at radius 2 is 2.11 bits per heavy atom. The van der Waals surface area contributed by atoms with Crippen LogP contribution in [-0.2, 0) is 0 Å². The maximum Gasteiger partial charge on any atom is 0.159 e. The predicted octanol–water partition coefficient (Wildman–Crippen LogP) is 4.54. The van der Waals surface area contributed by atoms with E-state index in [1.54, 1.807) is 26.2 Å². The van der Waals surface area contributed by atoms with Crippen molar-refractivity contribution < 1.29 is 9.53 Å². The number of nitrogens with one attached hydrogen (secondary N) is 1. The average Bonchev–Trinajstić information content (AvgIpc) is 3.16. The summed E-state index contributed by atoms with van der Waals surface area (Å²) in [6.45, 7) is 3.03. The van der Waals surface area contributed by atoms with Crippen LogP contribution in [0, 0.1) is 11.3 Å². The van der Waals surface area contributed by atoms with Crippen molar-refractivity contribution in [3.05, 3.63) is 65.4 Å². The summed E-state index contributed by atoms with van der Waals surface area (Å²) in [6.07, 6.45) is 5.11. The maximum atomic E-state index is 11.7. The lowest BCUT2D eigenvalue weighted by molar-refractivity contribution is 0.101. The fourth-order valence-corrected chi connectivity index (χ4v) is 3.73. The Hall–Kier alpha value is -3.52. The smallest absolute Gasteiger partial charge is 0.159 e. The number of nitrogens with zero attached hydrogens (tertiary/aromatic N) is 2. The SMILES string of the molecule is COc1ccc2[nH]cc(C3=CCN(c4cc(C(C)=O)ccc4C#N)CC3)c2c1. The van der Waals surface area contributed by atoms with E-state index in [1.807, 2.05) is 24.4 Å². The van der Waals surface area contributed by atoms with Crippen LogP contribution in [0.4, 0.5) is 5.69 Å². The quantitative estimate of drug-likeness (QED) is 0.684. The Morgan fingerprint density at radius 3 is 2.79 bits per heavy atom. The summed E-state index contributed by atoms with van der Waals surface area (Å²) in [6, 6.07) is 13.6. The van der Waals surface area contributed by atoms with Gasteiger partial charge in [0.25, 0.3) is 0 Å². The number of rotatable bonds is 4. The molecule has 4 rings (SSSR count). The molecule has 28 heavy (non-hydrogen) atoms. The third-order valence-corrected chi connectivity index (χ3v) is 5.31. The number of benzene rings is 2. The number of aromatic amines is 1. The van der Waals surface area contributed by atoms with Crippen LogP contribution in [0.2, 0.25) is 0 Å². The molecule has 2 heterocycles. The summed E-state index contributed by atoms with van der Waals surface area (Å²) in [4.78, 5) is 17.2. The highest BCUT2D eigenvalue weighted by Crippen LogP contribution is 2.33. The molecule has 2 aromatic carbocycles. The van der Waals surface area contributed by atoms with Crippen LogP contribution in [0.3, 0.4) is 0 Å². The van der Waals surface area contributed by atoms with Gasteiger partial charge >= 0.3 is 0 Å². The summed E-state index contributed by atoms with van der Waals surface area (Å²) in [5.41, 5.74) is 5.60. The molecule has 1 aromatic heterocycles. The molecule has 0 aliphatic carbocycles. The molecule has 0 spiro atoms. The molecule has 0 saturated heterocycles. The van der Waals surface area contributed by atoms with E-state index in [0.29, 0.717) is 17.7 Å². The van der Waals surface area contributed by atoms with E-state index in [9.17, 15) is 10.1 Å². The minimum atomic E-state index is 0.00622. The number of carbonyl (C=O) groups is 1. The highest BCUT2D eigenvalue weighted by Gasteiger charge is 2.19. The van der Waals surface area contributed by atoms with Gasteiger partial charge in [-0.25, -0.2) is 0 Å². The molecular formula is C23H21N3O2. The van der Waals surface area contributed by atoms with E-state index in [0.717, 1.165) is 35.3 Å². The van der Waals surface area contributed by atoms with E-state index in [4.69, 9.17) is 4.74 Å². The molecule has 0 amide bonds. The Labute approximate surface area is 163 Å². The Morgan fingerprint density at radius 1 is 1.25 bits per heavy atom. The van der Waals surface area contributed by atoms with Gasteiger partial charge in [-0.1, -0.05) is 6.08 Å². The summed E-state index contributed by atoms with van der Waals surface area (Å²) in [7, 11) is 1.67. The fraction of sp³-hybridized carbons (Fsp3) is 0.217. The lowest BCUT2D eigenvalue weighted by Gasteiger charge is -2.29. The highest BCUT2D eigenvalue weighted by molar-refractivity contribution is 5.96. The maximum absolute atomic E-state index is 11.7. The molecule has 1 aliphatic rings. The van der Waals surface area contributed by atoms with Gasteiger partial charge in [0.15, 0.2) is 5.78 Å². The molecule has 0 unspecified atom stereocenters. The monoisotopic (exact) mass is 371 g/mol. The Kier molecular flexibility index (Phi) is 4.62. The number of H-pyrrole nitrogens is 1. The zero-order chi connectivity index (χ0) is 19.7. The fourth-order valence-electron chi connectivity index (χ4n) is 3.73. The van der Waals surface area contributed by atoms with Crippen LogP contribution < -0.4 is 9.64 Å². The third-order valence-electron chi connectivity index (χ3n) is 5.31. The molecule has 0 atom stereocenters. The molecule has 0 saturated carbocycles. The number of hydrogen-bond acceptors (Lipinski definition) is 4. The van der Waals surface area contributed by atoms with Crippen molar-refractivity contribution in [3.8, 4) is 11.8 Å². The predicted molar refractivity (Wildman–Crippen MR) is 111 cm³/mol. The van der Waals surface area contributed by atoms with E-state index >= 15 is 0 Å². The Bertz CT molecular complexity index is 1130. The van der Waals surface area contributed by atoms with Gasteiger partial charge < -0.3 is 14.6 Å². The van der Waals surface area contributed by atoms with Crippen LogP contribution in [0.15, 0.2) is 48.7 Å². The van der Waals surface area contributed by atoms with Gasteiger partial charge in [0, 0.05) is 41.3 Å². The number of ketones is 1. The Balaban J connectivity index is 1.65. The van der Waals surface area contributed by atoms with Crippen molar-refractivity contribution in [2.75, 3.05) is 25.1 Å². The van der Waals surface area contributed by atoms with E-state index in [1.165, 1.54) is 11.1 Å². The van der Waals surface area contributed by atoms with Gasteiger partial charge in [0.05, 0.1) is 18.4 Å². The van der Waals surface area contributed by atoms with Gasteiger partial charge in [-0.15, -0.1) is 0 Å². The molecule has 140 valence electrons. The first-order chi connectivity index (χ1) is 13.6. The number of Topliss-reactive ketones (excluding diaryl/α,β-unsaturated/α-hetero) is 1. The van der Waals surface area contributed by atoms with Crippen LogP contribution in [0.1, 0.15) is 34.8 Å². The van der Waals surface area contributed by atoms with Crippen molar-refractivity contribution in [1.29, 1.82) is 5.26 Å². The van der Waals surface area contributed by atoms with Crippen LogP contribution >= 0.6 is 0 Å². The van der Waals surface area contributed by atoms with Crippen LogP contribution in [0.25, 0.3) is 16.5 Å². The molecular weight excluding hydrogens is 350 g/mol. The van der Waals surface area contributed by atoms with Crippen molar-refractivity contribution >= 4 is 27.9 Å². The van der Waals surface area contributed by atoms with Gasteiger partial charge in [-0.05, 0) is 55.3 Å². The molecule has 0 bridgehead atoms. The summed E-state index contributed by atoms with van der Waals surface area (Å²) >= 11 is 0. The van der Waals surface area contributed by atoms with Gasteiger partial charge in [0.1, 0.15) is 11.8 Å². The normalized spacial score (nSPS) is 13.9. The number of nitriles is 1. The number of carbonyl (C=O) groups excluding carboxylic acids is 1. The number of aromatic nitrogens is 1. The average molecular weight is 371 g/mol. The minimum absolute atomic E-state index is 0.00622. The zero-order valence-electron chi connectivity index (χ0n) is 16.0. The lowest BCUT2D eigenvalue weighted by atomic mass is 9.97. The molecule has 3 aromatic rings. The highest BCUT2D eigenvalue weighted by atomic mass is 16.5. The van der Waals surface area contributed by atoms with Crippen LogP contribution in [0.5, 0.6) is 5.75 Å². The molecule has 0 radical (unpaired) electrons. The second-order valence-electron chi connectivity index (χ2n) is 6.94. The van der Waals surface area contributed by atoms with Crippen molar-refractivity contribution in [2.24, 2.45) is 0 Å². The number of methoxy groups -OCH3 is 1. The first kappa shape index (κ1) is 17.9. The summed E-state index contributed by atoms with van der Waals surface area (Å²) in [5, 5.41) is 10.6. The zero-order valence-corrected chi connectivity index (χ0v) is 16.0. The molecule has 5 heteroatoms. The standard InChI is InChI=1S/C23H21N3O2/c1-15(27)17-3-4-18(13-24)23(11-17)26-9-7-16(8-10-26)21-14-25-22-6-5-19(28-2)12-20(21)22/h3-7,11-12,14,25H,8-10H2,1-2H3. The molecule has 5 nitrogen and oxygen atoms in total. The minimum Gasteiger partial charge on any atom is -0.497 e. The third kappa shape index (κ3) is 3.14. The first-order valence-electron chi connectivity index (χ1n) is 9.25. The molecule has 0 fully saturated rings. The summed E-state index contributed by atoms with van der Waals surface area (Å²) < 4.78 is 5.37. The second kappa shape index (κ2) is 7.24. The van der Waals surface area contributed by atoms with E-state index in [2.05, 4.69) is 28.1 Å². The number of ether oxygens (including phenoxy) is 1. The number of anilines is 1. The lowest BCUT2D eigenvalue weighted by Crippen LogP contribution is -2.29. The van der Waals surface area contributed by atoms with Crippen molar-refractivity contribution in [1.82, 2.24) is 4.98 Å². The number of hydrogen-bond donors (Lipinski definition) is 1. The van der Waals surface area contributed by atoms with E-state index in [-0.39, 0.29) is 5.78 Å². The second-order valence-corrected chi connectivity index (χ2v) is 6.94. The van der Waals surface area contributed by atoms with Gasteiger partial charge in [0.2, 0.25) is 0 Å². The summed E-state index contributed by atoms with van der Waals surface area (Å²) in [5.74, 6) is 0.845. The topological polar surface area (TPSA) is 69.1 Å². The molecule has 1 N–H and O–H groups in total. The molecule has 1 aliphatic heterocycles. The number of fused-ring (bicyclic) bond motifs is 1. The largest absolute Gasteiger partial charge is 0.497 e. The van der Waals surface area contributed by atoms with Crippen molar-refractivity contribution in [3.63, 3.8) is 0 Å². The first-order valence-corrected chi connectivity index (χ1v) is 9.25. The van der Waals surface area contributed by atoms with Gasteiger partial charge in [-0.3, -0.25) is 4.79 Å². The van der Waals surface area contributed by atoms with Crippen LogP contribution in [-0.4, -0.2) is 31.0 Å². The van der Waals surface area contributed by atoms with Crippen molar-refractivity contribution in [2.45, 2.75) is 13.3 Å². The van der Waals surface area contributed by atoms with Gasteiger partial charge in [-0.2, -0.15) is 5.26 Å².